The lowest BCUT2D eigenvalue weighted by Gasteiger charge is -2.16. The van der Waals surface area contributed by atoms with Gasteiger partial charge in [-0.3, -0.25) is 9.59 Å². The van der Waals surface area contributed by atoms with Gasteiger partial charge in [0.1, 0.15) is 12.0 Å². The van der Waals surface area contributed by atoms with Gasteiger partial charge in [0.15, 0.2) is 6.61 Å². The smallest absolute Gasteiger partial charge is 0.260 e. The van der Waals surface area contributed by atoms with Crippen molar-refractivity contribution in [2.24, 2.45) is 0 Å². The van der Waals surface area contributed by atoms with Gasteiger partial charge in [-0.1, -0.05) is 0 Å². The Kier molecular flexibility index (Phi) is 4.01. The fraction of sp³-hybridized carbons (Fsp3) is 0.385. The van der Waals surface area contributed by atoms with Crippen LogP contribution >= 0.6 is 15.9 Å². The van der Waals surface area contributed by atoms with Gasteiger partial charge >= 0.3 is 0 Å². The minimum absolute atomic E-state index is 0.0199. The fourth-order valence-corrected chi connectivity index (χ4v) is 2.13. The van der Waals surface area contributed by atoms with Crippen LogP contribution in [0.4, 0.5) is 0 Å². The van der Waals surface area contributed by atoms with E-state index in [1.807, 2.05) is 0 Å². The van der Waals surface area contributed by atoms with E-state index in [4.69, 9.17) is 4.74 Å². The van der Waals surface area contributed by atoms with Gasteiger partial charge in [-0.15, -0.1) is 0 Å². The molecule has 0 saturated heterocycles. The zero-order valence-corrected chi connectivity index (χ0v) is 11.6. The summed E-state index contributed by atoms with van der Waals surface area (Å²) in [6, 6.07) is 5.39. The molecule has 0 spiro atoms. The lowest BCUT2D eigenvalue weighted by molar-refractivity contribution is -0.132. The average molecular weight is 312 g/mol. The Bertz CT molecular complexity index is 471. The minimum Gasteiger partial charge on any atom is -0.483 e. The summed E-state index contributed by atoms with van der Waals surface area (Å²) in [7, 11) is 1.80. The molecular formula is C13H14BrNO3. The van der Waals surface area contributed by atoms with Gasteiger partial charge in [-0.2, -0.15) is 0 Å². The van der Waals surface area contributed by atoms with Crippen LogP contribution in [-0.2, 0) is 4.79 Å². The molecule has 0 heterocycles. The Balaban J connectivity index is 1.93. The molecule has 1 amide bonds. The molecule has 1 fully saturated rings. The summed E-state index contributed by atoms with van der Waals surface area (Å²) in [6.07, 6.45) is 2.93. The summed E-state index contributed by atoms with van der Waals surface area (Å²) in [5, 5.41) is 0. The first-order valence-electron chi connectivity index (χ1n) is 5.75. The van der Waals surface area contributed by atoms with Crippen LogP contribution in [0.5, 0.6) is 5.75 Å². The lowest BCUT2D eigenvalue weighted by atomic mass is 10.2. The summed E-state index contributed by atoms with van der Waals surface area (Å²) in [4.78, 5) is 24.1. The van der Waals surface area contributed by atoms with Crippen LogP contribution < -0.4 is 4.74 Å². The molecule has 0 unspecified atom stereocenters. The summed E-state index contributed by atoms with van der Waals surface area (Å²) in [6.45, 7) is 0.0199. The zero-order chi connectivity index (χ0) is 13.1. The molecule has 18 heavy (non-hydrogen) atoms. The molecule has 1 saturated carbocycles. The van der Waals surface area contributed by atoms with Crippen LogP contribution in [0.1, 0.15) is 23.2 Å². The van der Waals surface area contributed by atoms with Gasteiger partial charge in [-0.25, -0.2) is 0 Å². The molecule has 2 rings (SSSR count). The first kappa shape index (κ1) is 13.1. The van der Waals surface area contributed by atoms with Crippen LogP contribution in [-0.4, -0.2) is 36.8 Å². The van der Waals surface area contributed by atoms with Crippen molar-refractivity contribution in [1.82, 2.24) is 4.90 Å². The SMILES string of the molecule is CN(C(=O)COc1ccc(C=O)cc1Br)C1CC1. The van der Waals surface area contributed by atoms with Gasteiger partial charge in [0, 0.05) is 18.7 Å². The van der Waals surface area contributed by atoms with Gasteiger partial charge in [0.25, 0.3) is 5.91 Å². The number of ether oxygens (including phenoxy) is 1. The van der Waals surface area contributed by atoms with E-state index >= 15 is 0 Å². The molecule has 0 atom stereocenters. The number of carbonyl (C=O) groups excluding carboxylic acids is 2. The molecular weight excluding hydrogens is 298 g/mol. The van der Waals surface area contributed by atoms with Gasteiger partial charge in [-0.05, 0) is 47.0 Å². The second kappa shape index (κ2) is 5.52. The number of rotatable bonds is 5. The summed E-state index contributed by atoms with van der Waals surface area (Å²) >= 11 is 3.31. The lowest BCUT2D eigenvalue weighted by Crippen LogP contribution is -2.33. The largest absolute Gasteiger partial charge is 0.483 e. The second-order valence-corrected chi connectivity index (χ2v) is 5.19. The molecule has 5 heteroatoms. The molecule has 4 nitrogen and oxygen atoms in total. The molecule has 0 radical (unpaired) electrons. The average Bonchev–Trinajstić information content (AvgIpc) is 3.20. The van der Waals surface area contributed by atoms with E-state index in [1.165, 1.54) is 0 Å². The van der Waals surface area contributed by atoms with Crippen molar-refractivity contribution >= 4 is 28.1 Å². The third-order valence-corrected chi connectivity index (χ3v) is 3.55. The van der Waals surface area contributed by atoms with Gasteiger partial charge < -0.3 is 9.64 Å². The number of carbonyl (C=O) groups is 2. The zero-order valence-electron chi connectivity index (χ0n) is 10.1. The molecule has 1 aromatic carbocycles. The molecule has 0 bridgehead atoms. The highest BCUT2D eigenvalue weighted by Gasteiger charge is 2.29. The normalized spacial score (nSPS) is 14.1. The fourth-order valence-electron chi connectivity index (χ4n) is 1.61. The van der Waals surface area contributed by atoms with Crippen LogP contribution in [0.3, 0.4) is 0 Å². The molecule has 0 aliphatic heterocycles. The molecule has 1 aliphatic rings. The Hall–Kier alpha value is -1.36. The van der Waals surface area contributed by atoms with Crippen molar-refractivity contribution in [3.05, 3.63) is 28.2 Å². The van der Waals surface area contributed by atoms with Crippen molar-refractivity contribution in [2.45, 2.75) is 18.9 Å². The van der Waals surface area contributed by atoms with Crippen molar-refractivity contribution in [3.8, 4) is 5.75 Å². The molecule has 1 aromatic rings. The van der Waals surface area contributed by atoms with Crippen LogP contribution in [0, 0.1) is 0 Å². The number of benzene rings is 1. The monoisotopic (exact) mass is 311 g/mol. The predicted molar refractivity (Wildman–Crippen MR) is 70.8 cm³/mol. The van der Waals surface area contributed by atoms with E-state index < -0.39 is 0 Å². The van der Waals surface area contributed by atoms with E-state index in [-0.39, 0.29) is 12.5 Å². The maximum Gasteiger partial charge on any atom is 0.260 e. The van der Waals surface area contributed by atoms with Crippen LogP contribution in [0.2, 0.25) is 0 Å². The van der Waals surface area contributed by atoms with Crippen molar-refractivity contribution in [2.75, 3.05) is 13.7 Å². The van der Waals surface area contributed by atoms with Gasteiger partial charge in [0.05, 0.1) is 4.47 Å². The maximum absolute atomic E-state index is 11.8. The third kappa shape index (κ3) is 3.10. The number of hydrogen-bond acceptors (Lipinski definition) is 3. The number of hydrogen-bond donors (Lipinski definition) is 0. The Morgan fingerprint density at radius 1 is 1.56 bits per heavy atom. The van der Waals surface area contributed by atoms with Crippen LogP contribution in [0.15, 0.2) is 22.7 Å². The van der Waals surface area contributed by atoms with Crippen molar-refractivity contribution < 1.29 is 14.3 Å². The highest BCUT2D eigenvalue weighted by molar-refractivity contribution is 9.10. The van der Waals surface area contributed by atoms with E-state index in [9.17, 15) is 9.59 Å². The first-order chi connectivity index (χ1) is 8.61. The van der Waals surface area contributed by atoms with E-state index in [0.717, 1.165) is 19.1 Å². The van der Waals surface area contributed by atoms with Gasteiger partial charge in [0.2, 0.25) is 0 Å². The van der Waals surface area contributed by atoms with E-state index in [1.54, 1.807) is 30.1 Å². The predicted octanol–water partition coefficient (Wildman–Crippen LogP) is 2.26. The van der Waals surface area contributed by atoms with Crippen LogP contribution in [0.25, 0.3) is 0 Å². The summed E-state index contributed by atoms with van der Waals surface area (Å²) < 4.78 is 6.12. The molecule has 0 N–H and O–H groups in total. The van der Waals surface area contributed by atoms with E-state index in [0.29, 0.717) is 21.8 Å². The topological polar surface area (TPSA) is 46.6 Å². The maximum atomic E-state index is 11.8. The number of aldehydes is 1. The first-order valence-corrected chi connectivity index (χ1v) is 6.54. The number of nitrogens with zero attached hydrogens (tertiary/aromatic N) is 1. The van der Waals surface area contributed by atoms with E-state index in [2.05, 4.69) is 15.9 Å². The number of likely N-dealkylation sites (N-methyl/N-ethyl adjacent to an activating group) is 1. The molecule has 0 aromatic heterocycles. The third-order valence-electron chi connectivity index (χ3n) is 2.93. The highest BCUT2D eigenvalue weighted by Crippen LogP contribution is 2.27. The highest BCUT2D eigenvalue weighted by atomic mass is 79.9. The summed E-state index contributed by atoms with van der Waals surface area (Å²) in [5.74, 6) is 0.544. The summed E-state index contributed by atoms with van der Waals surface area (Å²) in [5.41, 5.74) is 0.565. The molecule has 1 aliphatic carbocycles. The second-order valence-electron chi connectivity index (χ2n) is 4.33. The quantitative estimate of drug-likeness (QED) is 0.784. The van der Waals surface area contributed by atoms with Crippen molar-refractivity contribution in [3.63, 3.8) is 0 Å². The Labute approximate surface area is 114 Å². The number of halogens is 1. The molecule has 96 valence electrons. The minimum atomic E-state index is -0.0242. The van der Waals surface area contributed by atoms with Crippen molar-refractivity contribution in [1.29, 1.82) is 0 Å². The standard InChI is InChI=1S/C13H14BrNO3/c1-15(10-3-4-10)13(17)8-18-12-5-2-9(7-16)6-11(12)14/h2,5-7,10H,3-4,8H2,1H3. The number of amides is 1. The Morgan fingerprint density at radius 2 is 2.28 bits per heavy atom. The Morgan fingerprint density at radius 3 is 2.83 bits per heavy atom.